The molecule has 0 aliphatic rings. The van der Waals surface area contributed by atoms with Gasteiger partial charge in [-0.25, -0.2) is 0 Å². The lowest BCUT2D eigenvalue weighted by Gasteiger charge is -2.32. The lowest BCUT2D eigenvalue weighted by Crippen LogP contribution is -2.39. The first-order valence-corrected chi connectivity index (χ1v) is 4.35. The molecule has 4 heteroatoms. The highest BCUT2D eigenvalue weighted by atomic mass is 79.9. The van der Waals surface area contributed by atoms with E-state index in [2.05, 4.69) is 16.3 Å². The fourth-order valence-electron chi connectivity index (χ4n) is 0.990. The van der Waals surface area contributed by atoms with Crippen molar-refractivity contribution < 1.29 is 8.57 Å². The molecule has 66 valence electrons. The van der Waals surface area contributed by atoms with Crippen molar-refractivity contribution in [2.24, 2.45) is 0 Å². The van der Waals surface area contributed by atoms with Gasteiger partial charge in [0.2, 0.25) is 0 Å². The van der Waals surface area contributed by atoms with Crippen molar-refractivity contribution in [2.45, 2.75) is 38.8 Å². The van der Waals surface area contributed by atoms with Crippen molar-refractivity contribution >= 4 is 24.1 Å². The number of rotatable bonds is 4. The molecule has 0 aromatic carbocycles. The van der Waals surface area contributed by atoms with Crippen molar-refractivity contribution in [2.75, 3.05) is 6.61 Å². The second-order valence-electron chi connectivity index (χ2n) is 4.23. The van der Waals surface area contributed by atoms with Crippen molar-refractivity contribution in [1.82, 2.24) is 0 Å². The second kappa shape index (κ2) is 3.92. The van der Waals surface area contributed by atoms with E-state index < -0.39 is 0 Å². The van der Waals surface area contributed by atoms with Gasteiger partial charge in [-0.05, 0) is 27.7 Å². The monoisotopic (exact) mass is 222 g/mol. The molecule has 2 nitrogen and oxygen atoms in total. The SMILES string of the molecule is BC(C)(C)OC(C)(C)COBr. The molecule has 0 heterocycles. The van der Waals surface area contributed by atoms with Gasteiger partial charge in [0.15, 0.2) is 0 Å². The topological polar surface area (TPSA) is 18.5 Å². The zero-order valence-electron chi connectivity index (χ0n) is 7.90. The lowest BCUT2D eigenvalue weighted by molar-refractivity contribution is -0.0949. The molecule has 0 fully saturated rings. The molecule has 0 spiro atoms. The van der Waals surface area contributed by atoms with Gasteiger partial charge in [0.05, 0.1) is 28.5 Å². The average molecular weight is 223 g/mol. The van der Waals surface area contributed by atoms with Crippen LogP contribution >= 0.6 is 16.3 Å². The minimum absolute atomic E-state index is 0.116. The van der Waals surface area contributed by atoms with E-state index in [0.717, 1.165) is 0 Å². The summed E-state index contributed by atoms with van der Waals surface area (Å²) in [6, 6.07) is 0. The molecule has 0 atom stereocenters. The fourth-order valence-corrected chi connectivity index (χ4v) is 1.54. The van der Waals surface area contributed by atoms with Gasteiger partial charge in [0, 0.05) is 5.50 Å². The molecule has 0 unspecified atom stereocenters. The van der Waals surface area contributed by atoms with Crippen molar-refractivity contribution in [3.05, 3.63) is 0 Å². The van der Waals surface area contributed by atoms with Gasteiger partial charge in [0.25, 0.3) is 0 Å². The van der Waals surface area contributed by atoms with Gasteiger partial charge in [-0.2, -0.15) is 0 Å². The van der Waals surface area contributed by atoms with Crippen LogP contribution in [-0.2, 0) is 8.57 Å². The van der Waals surface area contributed by atoms with E-state index in [4.69, 9.17) is 8.57 Å². The van der Waals surface area contributed by atoms with Crippen LogP contribution in [0.1, 0.15) is 27.7 Å². The largest absolute Gasteiger partial charge is 0.376 e. The van der Waals surface area contributed by atoms with Crippen LogP contribution in [-0.4, -0.2) is 25.6 Å². The highest BCUT2D eigenvalue weighted by Crippen LogP contribution is 2.18. The Hall–Kier alpha value is 0.465. The van der Waals surface area contributed by atoms with Crippen molar-refractivity contribution in [3.63, 3.8) is 0 Å². The molecule has 0 saturated heterocycles. The summed E-state index contributed by atoms with van der Waals surface area (Å²) in [5.41, 5.74) is -0.350. The highest BCUT2D eigenvalue weighted by molar-refractivity contribution is 9.06. The highest BCUT2D eigenvalue weighted by Gasteiger charge is 2.25. The van der Waals surface area contributed by atoms with Crippen LogP contribution in [0.2, 0.25) is 0 Å². The summed E-state index contributed by atoms with van der Waals surface area (Å²) in [7, 11) is 2.03. The third-order valence-electron chi connectivity index (χ3n) is 0.985. The third-order valence-corrected chi connectivity index (χ3v) is 1.21. The predicted octanol–water partition coefficient (Wildman–Crippen LogP) is 1.48. The minimum Gasteiger partial charge on any atom is -0.376 e. The van der Waals surface area contributed by atoms with Crippen LogP contribution in [0.15, 0.2) is 0 Å². The van der Waals surface area contributed by atoms with Crippen LogP contribution in [0.5, 0.6) is 0 Å². The molecule has 0 aromatic rings. The van der Waals surface area contributed by atoms with Crippen LogP contribution in [0, 0.1) is 0 Å². The predicted molar refractivity (Wildman–Crippen MR) is 52.7 cm³/mol. The Kier molecular flexibility index (Phi) is 4.09. The normalized spacial score (nSPS) is 13.5. The number of hydrogen-bond donors (Lipinski definition) is 0. The summed E-state index contributed by atoms with van der Waals surface area (Å²) in [6.45, 7) is 8.61. The maximum absolute atomic E-state index is 5.71. The Morgan fingerprint density at radius 1 is 1.27 bits per heavy atom. The number of halogens is 1. The fraction of sp³-hybridized carbons (Fsp3) is 1.00. The van der Waals surface area contributed by atoms with E-state index in [9.17, 15) is 0 Å². The maximum atomic E-state index is 5.71. The molecule has 0 aliphatic carbocycles. The van der Waals surface area contributed by atoms with Gasteiger partial charge >= 0.3 is 0 Å². The van der Waals surface area contributed by atoms with Crippen LogP contribution in [0.25, 0.3) is 0 Å². The molecule has 0 saturated carbocycles. The van der Waals surface area contributed by atoms with Gasteiger partial charge in [0.1, 0.15) is 7.85 Å². The molecular weight excluding hydrogens is 207 g/mol. The number of ether oxygens (including phenoxy) is 1. The summed E-state index contributed by atoms with van der Waals surface area (Å²) in [5, 5.41) is 0. The van der Waals surface area contributed by atoms with E-state index >= 15 is 0 Å². The summed E-state index contributed by atoms with van der Waals surface area (Å²) >= 11 is 2.91. The zero-order valence-corrected chi connectivity index (χ0v) is 9.49. The Balaban J connectivity index is 3.91. The Bertz CT molecular complexity index is 120. The summed E-state index contributed by atoms with van der Waals surface area (Å²) in [6.07, 6.45) is 0. The molecule has 11 heavy (non-hydrogen) atoms. The number of hydrogen-bond acceptors (Lipinski definition) is 2. The van der Waals surface area contributed by atoms with E-state index in [1.54, 1.807) is 0 Å². The van der Waals surface area contributed by atoms with Crippen molar-refractivity contribution in [1.29, 1.82) is 0 Å². The molecule has 0 amide bonds. The first-order valence-electron chi connectivity index (χ1n) is 3.70. The van der Waals surface area contributed by atoms with Crippen LogP contribution in [0.4, 0.5) is 0 Å². The Labute approximate surface area is 78.5 Å². The van der Waals surface area contributed by atoms with Crippen LogP contribution < -0.4 is 0 Å². The van der Waals surface area contributed by atoms with E-state index in [-0.39, 0.29) is 11.1 Å². The first kappa shape index (κ1) is 11.5. The Morgan fingerprint density at radius 3 is 2.00 bits per heavy atom. The van der Waals surface area contributed by atoms with E-state index in [1.165, 1.54) is 0 Å². The van der Waals surface area contributed by atoms with E-state index in [1.807, 2.05) is 35.5 Å². The van der Waals surface area contributed by atoms with Gasteiger partial charge in [-0.3, -0.25) is 0 Å². The van der Waals surface area contributed by atoms with Gasteiger partial charge < -0.3 is 8.57 Å². The van der Waals surface area contributed by atoms with Crippen LogP contribution in [0.3, 0.4) is 0 Å². The minimum atomic E-state index is -0.234. The average Bonchev–Trinajstić information content (AvgIpc) is 1.55. The molecule has 0 N–H and O–H groups in total. The van der Waals surface area contributed by atoms with Crippen molar-refractivity contribution in [3.8, 4) is 0 Å². The summed E-state index contributed by atoms with van der Waals surface area (Å²) < 4.78 is 10.6. The zero-order chi connectivity index (χ0) is 9.12. The smallest absolute Gasteiger partial charge is 0.142 e. The molecular formula is C7H16BBrO2. The van der Waals surface area contributed by atoms with Gasteiger partial charge in [-0.1, -0.05) is 0 Å². The lowest BCUT2D eigenvalue weighted by atomic mass is 9.85. The maximum Gasteiger partial charge on any atom is 0.142 e. The standard InChI is InChI=1S/C7H16BBrO2/c1-6(2,5-10-9)11-7(3,4)8/h5,8H2,1-4H3. The second-order valence-corrected chi connectivity index (χ2v) is 4.69. The quantitative estimate of drug-likeness (QED) is 0.672. The molecule has 0 aliphatic heterocycles. The molecule has 0 bridgehead atoms. The summed E-state index contributed by atoms with van der Waals surface area (Å²) in [4.78, 5) is 0. The molecule has 0 rings (SSSR count). The molecule has 0 radical (unpaired) electrons. The summed E-state index contributed by atoms with van der Waals surface area (Å²) in [5.74, 6) is 0. The Morgan fingerprint density at radius 2 is 1.73 bits per heavy atom. The molecule has 0 aromatic heterocycles. The third kappa shape index (κ3) is 6.85. The van der Waals surface area contributed by atoms with E-state index in [0.29, 0.717) is 6.61 Å². The van der Waals surface area contributed by atoms with Gasteiger partial charge in [-0.15, -0.1) is 0 Å². The first-order chi connectivity index (χ1) is 4.77.